The van der Waals surface area contributed by atoms with Crippen molar-refractivity contribution in [3.63, 3.8) is 0 Å². The molecule has 0 fully saturated rings. The maximum Gasteiger partial charge on any atom is 0.323 e. The van der Waals surface area contributed by atoms with Gasteiger partial charge in [-0.2, -0.15) is 0 Å². The van der Waals surface area contributed by atoms with E-state index in [0.29, 0.717) is 13.0 Å². The van der Waals surface area contributed by atoms with Crippen LogP contribution in [0.25, 0.3) is 11.3 Å². The molecule has 84 valence electrons. The largest absolute Gasteiger partial charge is 0.323 e. The second-order valence-corrected chi connectivity index (χ2v) is 3.43. The van der Waals surface area contributed by atoms with Crippen LogP contribution in [0.2, 0.25) is 0 Å². The van der Waals surface area contributed by atoms with Gasteiger partial charge in [-0.1, -0.05) is 24.3 Å². The van der Waals surface area contributed by atoms with Crippen molar-refractivity contribution in [2.75, 3.05) is 6.61 Å². The number of benzene rings is 1. The van der Waals surface area contributed by atoms with Crippen molar-refractivity contribution in [2.45, 2.75) is 6.42 Å². The van der Waals surface area contributed by atoms with Gasteiger partial charge in [-0.25, -0.2) is 10.7 Å². The van der Waals surface area contributed by atoms with Gasteiger partial charge in [0.05, 0.1) is 12.3 Å². The number of hydrogen-bond acceptors (Lipinski definition) is 3. The predicted molar refractivity (Wildman–Crippen MR) is 60.7 cm³/mol. The lowest BCUT2D eigenvalue weighted by molar-refractivity contribution is 0.141. The van der Waals surface area contributed by atoms with E-state index in [9.17, 15) is 4.79 Å². The van der Waals surface area contributed by atoms with Crippen LogP contribution in [0.3, 0.4) is 0 Å². The number of imidazole rings is 1. The Hall–Kier alpha value is -1.85. The molecule has 1 heterocycles. The van der Waals surface area contributed by atoms with Crippen molar-refractivity contribution < 1.29 is 4.84 Å². The molecule has 1 aromatic carbocycles. The fourth-order valence-corrected chi connectivity index (χ4v) is 1.65. The number of nitrogens with two attached hydrogens (primary N) is 1. The van der Waals surface area contributed by atoms with E-state index in [4.69, 9.17) is 5.90 Å². The van der Waals surface area contributed by atoms with Crippen LogP contribution < -0.4 is 11.6 Å². The molecule has 0 radical (unpaired) electrons. The molecule has 16 heavy (non-hydrogen) atoms. The summed E-state index contributed by atoms with van der Waals surface area (Å²) in [6.45, 7) is 0.450. The lowest BCUT2D eigenvalue weighted by Gasteiger charge is -2.06. The molecule has 0 unspecified atom stereocenters. The second-order valence-electron chi connectivity index (χ2n) is 3.43. The number of nitrogens with one attached hydrogen (secondary N) is 2. The van der Waals surface area contributed by atoms with Crippen LogP contribution in [0.5, 0.6) is 0 Å². The molecular weight excluding hydrogens is 206 g/mol. The zero-order valence-corrected chi connectivity index (χ0v) is 8.69. The molecule has 0 aliphatic heterocycles. The monoisotopic (exact) mass is 219 g/mol. The first kappa shape index (κ1) is 10.7. The van der Waals surface area contributed by atoms with Gasteiger partial charge < -0.3 is 14.8 Å². The predicted octanol–water partition coefficient (Wildman–Crippen LogP) is 0.803. The van der Waals surface area contributed by atoms with Gasteiger partial charge in [0.25, 0.3) is 0 Å². The maximum absolute atomic E-state index is 11.0. The molecule has 0 amide bonds. The Balaban J connectivity index is 2.36. The van der Waals surface area contributed by atoms with E-state index in [1.165, 1.54) is 0 Å². The first-order valence-electron chi connectivity index (χ1n) is 4.99. The fraction of sp³-hybridized carbons (Fsp3) is 0.182. The summed E-state index contributed by atoms with van der Waals surface area (Å²) in [6.07, 6.45) is 2.37. The van der Waals surface area contributed by atoms with E-state index in [-0.39, 0.29) is 5.69 Å². The van der Waals surface area contributed by atoms with Crippen molar-refractivity contribution in [1.29, 1.82) is 0 Å². The molecule has 5 nitrogen and oxygen atoms in total. The van der Waals surface area contributed by atoms with Gasteiger partial charge in [-0.3, -0.25) is 0 Å². The van der Waals surface area contributed by atoms with Gasteiger partial charge >= 0.3 is 5.69 Å². The molecule has 5 heteroatoms. The number of H-pyrrole nitrogens is 2. The molecule has 0 atom stereocenters. The summed E-state index contributed by atoms with van der Waals surface area (Å²) in [5.74, 6) is 5.01. The lowest BCUT2D eigenvalue weighted by Crippen LogP contribution is -2.05. The maximum atomic E-state index is 11.0. The smallest absolute Gasteiger partial charge is 0.312 e. The second kappa shape index (κ2) is 4.78. The van der Waals surface area contributed by atoms with Gasteiger partial charge in [0.1, 0.15) is 0 Å². The van der Waals surface area contributed by atoms with E-state index in [0.717, 1.165) is 16.8 Å². The zero-order valence-electron chi connectivity index (χ0n) is 8.69. The molecular formula is C11H13N3O2. The van der Waals surface area contributed by atoms with E-state index in [1.54, 1.807) is 6.20 Å². The normalized spacial score (nSPS) is 10.6. The van der Waals surface area contributed by atoms with E-state index >= 15 is 0 Å². The topological polar surface area (TPSA) is 83.9 Å². The van der Waals surface area contributed by atoms with Crippen molar-refractivity contribution >= 4 is 0 Å². The van der Waals surface area contributed by atoms with Gasteiger partial charge in [0.2, 0.25) is 0 Å². The molecule has 0 aliphatic rings. The van der Waals surface area contributed by atoms with Gasteiger partial charge in [-0.05, 0) is 12.0 Å². The highest BCUT2D eigenvalue weighted by Gasteiger charge is 2.05. The van der Waals surface area contributed by atoms with E-state index < -0.39 is 0 Å². The molecule has 2 aromatic rings. The lowest BCUT2D eigenvalue weighted by atomic mass is 10.0. The summed E-state index contributed by atoms with van der Waals surface area (Å²) < 4.78 is 0. The Kier molecular flexibility index (Phi) is 3.19. The molecule has 0 spiro atoms. The van der Waals surface area contributed by atoms with Crippen LogP contribution in [0.15, 0.2) is 35.3 Å². The number of aromatic nitrogens is 2. The van der Waals surface area contributed by atoms with Crippen LogP contribution in [0, 0.1) is 0 Å². The molecule has 0 aliphatic carbocycles. The summed E-state index contributed by atoms with van der Waals surface area (Å²) in [5, 5.41) is 0. The Morgan fingerprint density at radius 3 is 2.81 bits per heavy atom. The van der Waals surface area contributed by atoms with Crippen LogP contribution in [0.4, 0.5) is 0 Å². The average molecular weight is 219 g/mol. The minimum atomic E-state index is -0.208. The van der Waals surface area contributed by atoms with E-state index in [1.807, 2.05) is 24.3 Å². The minimum Gasteiger partial charge on any atom is -0.312 e. The van der Waals surface area contributed by atoms with Crippen LogP contribution in [-0.4, -0.2) is 16.6 Å². The van der Waals surface area contributed by atoms with Crippen molar-refractivity contribution in [3.05, 3.63) is 46.5 Å². The number of rotatable bonds is 4. The van der Waals surface area contributed by atoms with Crippen molar-refractivity contribution in [3.8, 4) is 11.3 Å². The molecule has 4 N–H and O–H groups in total. The quantitative estimate of drug-likeness (QED) is 0.665. The minimum absolute atomic E-state index is 0.208. The van der Waals surface area contributed by atoms with Crippen LogP contribution in [-0.2, 0) is 11.3 Å². The highest BCUT2D eigenvalue weighted by molar-refractivity contribution is 5.62. The van der Waals surface area contributed by atoms with Crippen LogP contribution in [0.1, 0.15) is 5.56 Å². The summed E-state index contributed by atoms with van der Waals surface area (Å²) in [7, 11) is 0. The third-order valence-corrected chi connectivity index (χ3v) is 2.39. The standard InChI is InChI=1S/C11H13N3O2/c12-16-6-5-8-3-1-2-4-9(8)10-7-13-11(15)14-10/h1-4,7H,5-6,12H2,(H2,13,14,15). The SMILES string of the molecule is NOCCc1ccccc1-c1c[nH]c(=O)[nH]1. The molecule has 1 aromatic heterocycles. The van der Waals surface area contributed by atoms with Gasteiger partial charge in [0.15, 0.2) is 0 Å². The summed E-state index contributed by atoms with van der Waals surface area (Å²) in [5.41, 5.74) is 2.64. The van der Waals surface area contributed by atoms with Crippen LogP contribution >= 0.6 is 0 Å². The third-order valence-electron chi connectivity index (χ3n) is 2.39. The molecule has 2 rings (SSSR count). The number of hydrogen-bond donors (Lipinski definition) is 3. The molecule has 0 saturated carbocycles. The highest BCUT2D eigenvalue weighted by Crippen LogP contribution is 2.20. The first-order chi connectivity index (χ1) is 7.81. The molecule has 0 bridgehead atoms. The Labute approximate surface area is 92.2 Å². The molecule has 0 saturated heterocycles. The summed E-state index contributed by atoms with van der Waals surface area (Å²) in [4.78, 5) is 20.9. The third kappa shape index (κ3) is 2.21. The Bertz CT molecular complexity index is 516. The fourth-order valence-electron chi connectivity index (χ4n) is 1.65. The first-order valence-corrected chi connectivity index (χ1v) is 4.99. The zero-order chi connectivity index (χ0) is 11.4. The van der Waals surface area contributed by atoms with E-state index in [2.05, 4.69) is 14.8 Å². The van der Waals surface area contributed by atoms with Crippen molar-refractivity contribution in [1.82, 2.24) is 9.97 Å². The van der Waals surface area contributed by atoms with Crippen molar-refractivity contribution in [2.24, 2.45) is 5.90 Å². The summed E-state index contributed by atoms with van der Waals surface area (Å²) >= 11 is 0. The van der Waals surface area contributed by atoms with Gasteiger partial charge in [0, 0.05) is 11.8 Å². The van der Waals surface area contributed by atoms with Gasteiger partial charge in [-0.15, -0.1) is 0 Å². The number of aromatic amines is 2. The summed E-state index contributed by atoms with van der Waals surface area (Å²) in [6, 6.07) is 7.80. The Morgan fingerprint density at radius 2 is 2.12 bits per heavy atom. The Morgan fingerprint density at radius 1 is 1.31 bits per heavy atom. The average Bonchev–Trinajstić information content (AvgIpc) is 2.73. The highest BCUT2D eigenvalue weighted by atomic mass is 16.6.